The van der Waals surface area contributed by atoms with Gasteiger partial charge in [0.25, 0.3) is 5.91 Å². The highest BCUT2D eigenvalue weighted by Crippen LogP contribution is 2.23. The van der Waals surface area contributed by atoms with Crippen LogP contribution in [-0.4, -0.2) is 59.5 Å². The minimum atomic E-state index is 0.0317. The van der Waals surface area contributed by atoms with Crippen molar-refractivity contribution in [3.05, 3.63) is 23.9 Å². The van der Waals surface area contributed by atoms with Crippen LogP contribution in [0.25, 0.3) is 0 Å². The molecule has 5 nitrogen and oxygen atoms in total. The first-order valence-electron chi connectivity index (χ1n) is 7.91. The van der Waals surface area contributed by atoms with E-state index in [1.165, 1.54) is 25.9 Å². The maximum Gasteiger partial charge on any atom is 0.259 e. The van der Waals surface area contributed by atoms with Crippen LogP contribution in [0.4, 0.5) is 0 Å². The Morgan fingerprint density at radius 3 is 2.95 bits per heavy atom. The zero-order valence-corrected chi connectivity index (χ0v) is 12.6. The van der Waals surface area contributed by atoms with Gasteiger partial charge in [-0.2, -0.15) is 0 Å². The Labute approximate surface area is 125 Å². The average molecular weight is 289 g/mol. The molecule has 21 heavy (non-hydrogen) atoms. The van der Waals surface area contributed by atoms with E-state index < -0.39 is 0 Å². The van der Waals surface area contributed by atoms with E-state index in [9.17, 15) is 4.79 Å². The molecular weight excluding hydrogens is 266 g/mol. The van der Waals surface area contributed by atoms with Crippen molar-refractivity contribution in [2.75, 3.05) is 32.7 Å². The molecule has 0 saturated carbocycles. The second-order valence-corrected chi connectivity index (χ2v) is 5.78. The van der Waals surface area contributed by atoms with Gasteiger partial charge in [0.05, 0.1) is 6.54 Å². The lowest BCUT2D eigenvalue weighted by Gasteiger charge is -2.24. The van der Waals surface area contributed by atoms with Gasteiger partial charge in [-0.05, 0) is 51.4 Å². The molecule has 5 heteroatoms. The predicted octanol–water partition coefficient (Wildman–Crippen LogP) is 1.79. The summed E-state index contributed by atoms with van der Waals surface area (Å²) in [6.45, 7) is 6.79. The lowest BCUT2D eigenvalue weighted by molar-refractivity contribution is 0.0705. The van der Waals surface area contributed by atoms with Gasteiger partial charge in [0.15, 0.2) is 0 Å². The van der Waals surface area contributed by atoms with Crippen LogP contribution < -0.4 is 4.74 Å². The Bertz CT molecular complexity index is 500. The van der Waals surface area contributed by atoms with E-state index in [0.717, 1.165) is 13.0 Å². The van der Waals surface area contributed by atoms with Crippen molar-refractivity contribution in [1.29, 1.82) is 0 Å². The molecule has 3 rings (SSSR count). The summed E-state index contributed by atoms with van der Waals surface area (Å²) < 4.78 is 6.02. The number of aromatic nitrogens is 1. The van der Waals surface area contributed by atoms with E-state index >= 15 is 0 Å². The fourth-order valence-corrected chi connectivity index (χ4v) is 3.10. The number of likely N-dealkylation sites (tertiary alicyclic amines) is 1. The Morgan fingerprint density at radius 1 is 1.38 bits per heavy atom. The number of carbonyl (C=O) groups is 1. The molecule has 1 fully saturated rings. The van der Waals surface area contributed by atoms with E-state index in [2.05, 4.69) is 9.88 Å². The summed E-state index contributed by atoms with van der Waals surface area (Å²) in [4.78, 5) is 21.1. The molecule has 2 aliphatic heterocycles. The van der Waals surface area contributed by atoms with Gasteiger partial charge in [0.1, 0.15) is 11.7 Å². The number of hydrogen-bond donors (Lipinski definition) is 0. The van der Waals surface area contributed by atoms with Crippen molar-refractivity contribution in [2.24, 2.45) is 0 Å². The monoisotopic (exact) mass is 289 g/mol. The van der Waals surface area contributed by atoms with Crippen molar-refractivity contribution in [3.8, 4) is 5.88 Å². The minimum Gasteiger partial charge on any atom is -0.472 e. The Balaban J connectivity index is 1.72. The molecule has 1 amide bonds. The molecule has 3 heterocycles. The molecule has 1 unspecified atom stereocenters. The number of pyridine rings is 1. The molecule has 0 radical (unpaired) electrons. The number of amides is 1. The van der Waals surface area contributed by atoms with Gasteiger partial charge in [-0.15, -0.1) is 0 Å². The number of ether oxygens (including phenoxy) is 1. The third-order valence-electron chi connectivity index (χ3n) is 4.34. The number of likely N-dealkylation sites (N-methyl/N-ethyl adjacent to an activating group) is 1. The molecule has 0 N–H and O–H groups in total. The molecule has 0 bridgehead atoms. The van der Waals surface area contributed by atoms with E-state index in [0.29, 0.717) is 24.5 Å². The van der Waals surface area contributed by atoms with Crippen molar-refractivity contribution < 1.29 is 9.53 Å². The first-order valence-corrected chi connectivity index (χ1v) is 7.91. The van der Waals surface area contributed by atoms with E-state index in [1.807, 2.05) is 11.8 Å². The topological polar surface area (TPSA) is 45.7 Å². The highest BCUT2D eigenvalue weighted by molar-refractivity contribution is 5.96. The first kappa shape index (κ1) is 14.3. The SMILES string of the molecule is CCN1CC(CCN2CCCC2)Oc2ncccc2C1=O. The second kappa shape index (κ2) is 6.43. The average Bonchev–Trinajstić information content (AvgIpc) is 2.98. The summed E-state index contributed by atoms with van der Waals surface area (Å²) in [6.07, 6.45) is 5.27. The summed E-state index contributed by atoms with van der Waals surface area (Å²) in [5, 5.41) is 0. The highest BCUT2D eigenvalue weighted by atomic mass is 16.5. The van der Waals surface area contributed by atoms with Crippen molar-refractivity contribution >= 4 is 5.91 Å². The van der Waals surface area contributed by atoms with Crippen molar-refractivity contribution in [3.63, 3.8) is 0 Å². The maximum absolute atomic E-state index is 12.5. The standard InChI is InChI=1S/C16H23N3O2/c1-2-19-12-13(7-11-18-9-3-4-10-18)21-15-14(16(19)20)6-5-8-17-15/h5-6,8,13H,2-4,7,9-12H2,1H3. The fourth-order valence-electron chi connectivity index (χ4n) is 3.10. The zero-order chi connectivity index (χ0) is 14.7. The molecule has 2 aliphatic rings. The van der Waals surface area contributed by atoms with E-state index in [-0.39, 0.29) is 12.0 Å². The molecule has 114 valence electrons. The number of carbonyl (C=O) groups excluding carboxylic acids is 1. The predicted molar refractivity (Wildman–Crippen MR) is 80.5 cm³/mol. The number of nitrogens with zero attached hydrogens (tertiary/aromatic N) is 3. The number of rotatable bonds is 4. The Hall–Kier alpha value is -1.62. The number of hydrogen-bond acceptors (Lipinski definition) is 4. The van der Waals surface area contributed by atoms with Crippen LogP contribution in [0.5, 0.6) is 5.88 Å². The van der Waals surface area contributed by atoms with Crippen LogP contribution in [0.2, 0.25) is 0 Å². The normalized spacial score (nSPS) is 22.8. The molecule has 1 atom stereocenters. The van der Waals surface area contributed by atoms with Crippen LogP contribution in [0.15, 0.2) is 18.3 Å². The third-order valence-corrected chi connectivity index (χ3v) is 4.34. The lowest BCUT2D eigenvalue weighted by Crippen LogP contribution is -2.38. The first-order chi connectivity index (χ1) is 10.3. The van der Waals surface area contributed by atoms with Crippen LogP contribution in [0.3, 0.4) is 0 Å². The van der Waals surface area contributed by atoms with Crippen LogP contribution in [0.1, 0.15) is 36.5 Å². The summed E-state index contributed by atoms with van der Waals surface area (Å²) in [5.41, 5.74) is 0.586. The maximum atomic E-state index is 12.5. The Kier molecular flexibility index (Phi) is 4.39. The van der Waals surface area contributed by atoms with E-state index in [4.69, 9.17) is 4.74 Å². The second-order valence-electron chi connectivity index (χ2n) is 5.78. The zero-order valence-electron chi connectivity index (χ0n) is 12.6. The molecule has 1 aromatic heterocycles. The summed E-state index contributed by atoms with van der Waals surface area (Å²) >= 11 is 0. The quantitative estimate of drug-likeness (QED) is 0.848. The van der Waals surface area contributed by atoms with Gasteiger partial charge >= 0.3 is 0 Å². The highest BCUT2D eigenvalue weighted by Gasteiger charge is 2.29. The molecule has 0 aliphatic carbocycles. The van der Waals surface area contributed by atoms with Gasteiger partial charge in [-0.3, -0.25) is 4.79 Å². The molecule has 0 spiro atoms. The van der Waals surface area contributed by atoms with Gasteiger partial charge < -0.3 is 14.5 Å². The van der Waals surface area contributed by atoms with Crippen molar-refractivity contribution in [1.82, 2.24) is 14.8 Å². The van der Waals surface area contributed by atoms with Gasteiger partial charge in [-0.25, -0.2) is 4.98 Å². The van der Waals surface area contributed by atoms with Gasteiger partial charge in [0, 0.05) is 19.3 Å². The van der Waals surface area contributed by atoms with Crippen LogP contribution in [0, 0.1) is 0 Å². The van der Waals surface area contributed by atoms with Crippen LogP contribution >= 0.6 is 0 Å². The largest absolute Gasteiger partial charge is 0.472 e. The summed E-state index contributed by atoms with van der Waals surface area (Å²) in [5.74, 6) is 0.522. The fraction of sp³-hybridized carbons (Fsp3) is 0.625. The number of fused-ring (bicyclic) bond motifs is 1. The molecular formula is C16H23N3O2. The summed E-state index contributed by atoms with van der Waals surface area (Å²) in [6, 6.07) is 3.59. The van der Waals surface area contributed by atoms with Gasteiger partial charge in [0.2, 0.25) is 5.88 Å². The smallest absolute Gasteiger partial charge is 0.259 e. The van der Waals surface area contributed by atoms with Gasteiger partial charge in [-0.1, -0.05) is 0 Å². The molecule has 0 aromatic carbocycles. The van der Waals surface area contributed by atoms with Crippen molar-refractivity contribution in [2.45, 2.75) is 32.3 Å². The minimum absolute atomic E-state index is 0.0317. The van der Waals surface area contributed by atoms with E-state index in [1.54, 1.807) is 18.3 Å². The molecule has 1 saturated heterocycles. The third kappa shape index (κ3) is 3.18. The van der Waals surface area contributed by atoms with Crippen LogP contribution in [-0.2, 0) is 0 Å². The molecule has 1 aromatic rings. The Morgan fingerprint density at radius 2 is 2.19 bits per heavy atom. The lowest BCUT2D eigenvalue weighted by atomic mass is 10.2. The summed E-state index contributed by atoms with van der Waals surface area (Å²) in [7, 11) is 0.